The monoisotopic (exact) mass is 753 g/mol. The molecule has 0 unspecified atom stereocenters. The molecule has 11 heteroatoms. The minimum absolute atomic E-state index is 0.0425. The maximum Gasteiger partial charge on any atom is 0.419 e. The molecule has 0 fully saturated rings. The fourth-order valence-corrected chi connectivity index (χ4v) is 12.2. The second-order valence-corrected chi connectivity index (χ2v) is 16.8. The van der Waals surface area contributed by atoms with E-state index >= 15 is 0 Å². The van der Waals surface area contributed by atoms with Gasteiger partial charge in [0.25, 0.3) is 0 Å². The number of ether oxygens (including phenoxy) is 2. The van der Waals surface area contributed by atoms with E-state index in [9.17, 15) is 19.2 Å². The van der Waals surface area contributed by atoms with Crippen LogP contribution < -0.4 is 0 Å². The summed E-state index contributed by atoms with van der Waals surface area (Å²) in [5.74, 6) is -0.592. The van der Waals surface area contributed by atoms with Gasteiger partial charge in [-0.05, 0) is 35.4 Å². The first-order chi connectivity index (χ1) is 25.4. The third-order valence-electron chi connectivity index (χ3n) is 9.34. The van der Waals surface area contributed by atoms with Crippen LogP contribution in [-0.2, 0) is 22.7 Å². The second kappa shape index (κ2) is 12.1. The Hall–Kier alpha value is -5.30. The fourth-order valence-electron chi connectivity index (χ4n) is 6.93. The van der Waals surface area contributed by atoms with Crippen LogP contribution in [0.25, 0.3) is 51.4 Å². The van der Waals surface area contributed by atoms with Crippen molar-refractivity contribution >= 4 is 120 Å². The van der Waals surface area contributed by atoms with Gasteiger partial charge in [0.05, 0.1) is 48.6 Å². The minimum Gasteiger partial charge on any atom is -0.444 e. The zero-order valence-electron chi connectivity index (χ0n) is 27.0. The maximum absolute atomic E-state index is 14.2. The highest BCUT2D eigenvalue weighted by atomic mass is 32.1. The molecule has 5 aromatic heterocycles. The number of Topliss-reactive ketones (excluding diaryl/α,β-unsaturated/α-hetero) is 3. The van der Waals surface area contributed by atoms with E-state index in [-0.39, 0.29) is 36.1 Å². The smallest absolute Gasteiger partial charge is 0.419 e. The van der Waals surface area contributed by atoms with E-state index in [1.165, 1.54) is 22.7 Å². The van der Waals surface area contributed by atoms with Crippen molar-refractivity contribution in [3.63, 3.8) is 0 Å². The molecular formula is C41H23NO6S4. The van der Waals surface area contributed by atoms with Crippen molar-refractivity contribution in [3.8, 4) is 0 Å². The van der Waals surface area contributed by atoms with Gasteiger partial charge in [0.1, 0.15) is 6.61 Å². The lowest BCUT2D eigenvalue weighted by Crippen LogP contribution is -2.13. The molecule has 1 aliphatic heterocycles. The number of nitrogens with zero attached hydrogens (tertiary/aromatic N) is 1. The number of rotatable bonds is 4. The van der Waals surface area contributed by atoms with Gasteiger partial charge >= 0.3 is 6.09 Å². The highest BCUT2D eigenvalue weighted by Gasteiger charge is 2.33. The van der Waals surface area contributed by atoms with Crippen LogP contribution in [0.5, 0.6) is 0 Å². The highest BCUT2D eigenvalue weighted by Crippen LogP contribution is 2.51. The number of hydrogen-bond acceptors (Lipinski definition) is 10. The second-order valence-electron chi connectivity index (χ2n) is 12.5. The van der Waals surface area contributed by atoms with Gasteiger partial charge in [-0.25, -0.2) is 9.36 Å². The van der Waals surface area contributed by atoms with Crippen LogP contribution in [0.4, 0.5) is 4.79 Å². The number of carbonyl (C=O) groups excluding carboxylic acids is 4. The molecule has 1 aliphatic carbocycles. The average Bonchev–Trinajstić information content (AvgIpc) is 3.97. The van der Waals surface area contributed by atoms with E-state index < -0.39 is 6.09 Å². The van der Waals surface area contributed by atoms with Crippen molar-refractivity contribution in [1.29, 1.82) is 0 Å². The van der Waals surface area contributed by atoms with E-state index in [2.05, 4.69) is 6.07 Å². The summed E-state index contributed by atoms with van der Waals surface area (Å²) in [4.78, 5) is 55.7. The molecule has 2 aliphatic rings. The molecule has 3 aromatic carbocycles. The molecule has 52 heavy (non-hydrogen) atoms. The topological polar surface area (TPSA) is 91.7 Å². The Bertz CT molecular complexity index is 2870. The van der Waals surface area contributed by atoms with Crippen LogP contribution in [0.2, 0.25) is 0 Å². The van der Waals surface area contributed by atoms with Gasteiger partial charge in [0, 0.05) is 41.4 Å². The summed E-state index contributed by atoms with van der Waals surface area (Å²) in [6, 6.07) is 28.0. The number of benzene rings is 3. The number of ketones is 3. The minimum atomic E-state index is -0.495. The van der Waals surface area contributed by atoms with Gasteiger partial charge in [0.15, 0.2) is 17.3 Å². The summed E-state index contributed by atoms with van der Waals surface area (Å²) < 4.78 is 19.3. The molecule has 0 radical (unpaired) electrons. The molecule has 10 rings (SSSR count). The Morgan fingerprint density at radius 3 is 1.88 bits per heavy atom. The van der Waals surface area contributed by atoms with Crippen LogP contribution in [0.1, 0.15) is 52.0 Å². The third kappa shape index (κ3) is 4.92. The van der Waals surface area contributed by atoms with Crippen molar-refractivity contribution < 1.29 is 28.7 Å². The Morgan fingerprint density at radius 1 is 0.654 bits per heavy atom. The normalized spacial score (nSPS) is 15.3. The molecule has 0 N–H and O–H groups in total. The number of fused-ring (bicyclic) bond motifs is 9. The summed E-state index contributed by atoms with van der Waals surface area (Å²) in [5.41, 5.74) is 5.50. The lowest BCUT2D eigenvalue weighted by molar-refractivity contribution is 0.0984. The molecule has 0 saturated heterocycles. The Kier molecular flexibility index (Phi) is 7.34. The van der Waals surface area contributed by atoms with E-state index in [4.69, 9.17) is 9.47 Å². The maximum atomic E-state index is 14.2. The Balaban J connectivity index is 1.10. The van der Waals surface area contributed by atoms with E-state index in [0.29, 0.717) is 28.9 Å². The molecule has 7 nitrogen and oxygen atoms in total. The number of hydrogen-bond donors (Lipinski definition) is 0. The number of aromatic nitrogens is 1. The summed E-state index contributed by atoms with van der Waals surface area (Å²) in [6.07, 6.45) is 3.08. The van der Waals surface area contributed by atoms with Gasteiger partial charge in [-0.1, -0.05) is 78.9 Å². The predicted octanol–water partition coefficient (Wildman–Crippen LogP) is 10.8. The number of allylic oxidation sites excluding steroid dienone is 1. The zero-order chi connectivity index (χ0) is 35.1. The van der Waals surface area contributed by atoms with Gasteiger partial charge in [-0.3, -0.25) is 14.4 Å². The standard InChI is InChI=1S/C41H23NO6S4/c43-34-23(20-47-19-22-10-4-5-11-26(22)34)14-24-16-30-37(49-24)32-39(51-30)40-33(42(32)41(46)48-18-21-8-2-1-3-9-21)38-31(52-40)17-25(50-38)15-29-35(44)27-12-6-7-13-28(27)36(29)45/h1-17H,18-20H2/b23-14+. The Labute approximate surface area is 311 Å². The average molecular weight is 754 g/mol. The third-order valence-corrected chi connectivity index (χ3v) is 14.2. The highest BCUT2D eigenvalue weighted by molar-refractivity contribution is 7.39. The lowest BCUT2D eigenvalue weighted by Gasteiger charge is -2.07. The molecule has 252 valence electrons. The zero-order valence-corrected chi connectivity index (χ0v) is 30.2. The van der Waals surface area contributed by atoms with Gasteiger partial charge in [-0.2, -0.15) is 0 Å². The van der Waals surface area contributed by atoms with Crippen LogP contribution in [0.15, 0.2) is 102 Å². The van der Waals surface area contributed by atoms with Crippen LogP contribution in [-0.4, -0.2) is 34.6 Å². The molecular weight excluding hydrogens is 731 g/mol. The van der Waals surface area contributed by atoms with Crippen LogP contribution in [0, 0.1) is 0 Å². The summed E-state index contributed by atoms with van der Waals surface area (Å²) in [6.45, 7) is 0.703. The predicted molar refractivity (Wildman–Crippen MR) is 209 cm³/mol. The van der Waals surface area contributed by atoms with E-state index in [0.717, 1.165) is 60.1 Å². The SMILES string of the molecule is O=C1/C(=C/c2cc3sc4c5sc6cc(C=C7C(=O)c8ccccc8C7=O)sc6c5n(C(=O)OCc5ccccc5)c4c3s2)COCc2ccccc21. The van der Waals surface area contributed by atoms with Crippen molar-refractivity contribution in [3.05, 3.63) is 140 Å². The quantitative estimate of drug-likeness (QED) is 0.131. The van der Waals surface area contributed by atoms with Gasteiger partial charge < -0.3 is 9.47 Å². The van der Waals surface area contributed by atoms with Crippen molar-refractivity contribution in [2.75, 3.05) is 6.61 Å². The molecule has 0 amide bonds. The van der Waals surface area contributed by atoms with E-state index in [1.807, 2.05) is 66.7 Å². The van der Waals surface area contributed by atoms with Crippen molar-refractivity contribution in [2.24, 2.45) is 0 Å². The first kappa shape index (κ1) is 31.4. The fraction of sp³-hybridized carbons (Fsp3) is 0.0732. The van der Waals surface area contributed by atoms with Crippen molar-refractivity contribution in [1.82, 2.24) is 4.57 Å². The lowest BCUT2D eigenvalue weighted by atomic mass is 10.00. The summed E-state index contributed by atoms with van der Waals surface area (Å²) in [7, 11) is 0. The molecule has 6 heterocycles. The van der Waals surface area contributed by atoms with E-state index in [1.54, 1.807) is 57.6 Å². The number of carbonyl (C=O) groups is 4. The first-order valence-corrected chi connectivity index (χ1v) is 19.6. The van der Waals surface area contributed by atoms with Crippen molar-refractivity contribution in [2.45, 2.75) is 13.2 Å². The van der Waals surface area contributed by atoms with Crippen LogP contribution >= 0.6 is 45.3 Å². The summed E-state index contributed by atoms with van der Waals surface area (Å²) >= 11 is 6.17. The Morgan fingerprint density at radius 2 is 1.23 bits per heavy atom. The largest absolute Gasteiger partial charge is 0.444 e. The molecule has 0 bridgehead atoms. The number of thiophene rings is 4. The molecule has 0 atom stereocenters. The molecule has 0 spiro atoms. The molecule has 0 saturated carbocycles. The van der Waals surface area contributed by atoms with Gasteiger partial charge in [-0.15, -0.1) is 45.3 Å². The van der Waals surface area contributed by atoms with Crippen LogP contribution in [0.3, 0.4) is 0 Å². The molecule has 8 aromatic rings. The first-order valence-electron chi connectivity index (χ1n) is 16.4. The van der Waals surface area contributed by atoms with Gasteiger partial charge in [0.2, 0.25) is 0 Å². The summed E-state index contributed by atoms with van der Waals surface area (Å²) in [5, 5.41) is 0.